The topological polar surface area (TPSA) is 128 Å². The van der Waals surface area contributed by atoms with Gasteiger partial charge in [-0.1, -0.05) is 5.16 Å². The summed E-state index contributed by atoms with van der Waals surface area (Å²) in [5.74, 6) is 1.53. The molecule has 2 aromatic rings. The van der Waals surface area contributed by atoms with Gasteiger partial charge >= 0.3 is 12.1 Å². The second kappa shape index (κ2) is 13.1. The largest absolute Gasteiger partial charge is 0.444 e. The van der Waals surface area contributed by atoms with Gasteiger partial charge in [-0.2, -0.15) is 10.2 Å². The molecular weight excluding hydrogens is 534 g/mol. The highest BCUT2D eigenvalue weighted by Gasteiger charge is 2.32. The Morgan fingerprint density at radius 2 is 1.81 bits per heavy atom. The van der Waals surface area contributed by atoms with E-state index in [9.17, 15) is 9.59 Å². The molecule has 0 aliphatic carbocycles. The lowest BCUT2D eigenvalue weighted by atomic mass is 9.96. The molecule has 226 valence electrons. The first-order valence-corrected chi connectivity index (χ1v) is 15.2. The molecule has 5 rings (SSSR count). The van der Waals surface area contributed by atoms with E-state index in [4.69, 9.17) is 14.5 Å². The smallest absolute Gasteiger partial charge is 0.410 e. The van der Waals surface area contributed by atoms with Crippen LogP contribution in [0.25, 0.3) is 11.4 Å². The number of piperidine rings is 2. The first-order valence-electron chi connectivity index (χ1n) is 15.2. The Morgan fingerprint density at radius 1 is 1.05 bits per heavy atom. The molecule has 2 atom stereocenters. The number of ether oxygens (including phenoxy) is 1. The van der Waals surface area contributed by atoms with Crippen LogP contribution in [0.2, 0.25) is 0 Å². The van der Waals surface area contributed by atoms with Crippen molar-refractivity contribution in [1.29, 1.82) is 5.26 Å². The van der Waals surface area contributed by atoms with Gasteiger partial charge in [-0.05, 0) is 95.5 Å². The van der Waals surface area contributed by atoms with Gasteiger partial charge in [0.2, 0.25) is 11.7 Å². The van der Waals surface area contributed by atoms with Crippen LogP contribution < -0.4 is 10.2 Å². The van der Waals surface area contributed by atoms with Crippen molar-refractivity contribution < 1.29 is 18.8 Å². The first-order chi connectivity index (χ1) is 20.2. The number of anilines is 1. The Balaban J connectivity index is 1.01. The van der Waals surface area contributed by atoms with E-state index in [-0.39, 0.29) is 17.9 Å². The Hall–Kier alpha value is -3.65. The number of carbonyl (C=O) groups excluding carboxylic acids is 2. The minimum atomic E-state index is -0.472. The molecule has 0 radical (unpaired) electrons. The molecule has 1 aromatic carbocycles. The van der Waals surface area contributed by atoms with Crippen molar-refractivity contribution in [1.82, 2.24) is 25.3 Å². The zero-order chi connectivity index (χ0) is 29.7. The van der Waals surface area contributed by atoms with Gasteiger partial charge in [-0.25, -0.2) is 4.79 Å². The van der Waals surface area contributed by atoms with E-state index < -0.39 is 5.60 Å². The van der Waals surface area contributed by atoms with Gasteiger partial charge in [0.25, 0.3) is 0 Å². The second-order valence-electron chi connectivity index (χ2n) is 12.9. The molecule has 1 unspecified atom stereocenters. The molecule has 3 aliphatic rings. The average molecular weight is 578 g/mol. The predicted molar refractivity (Wildman–Crippen MR) is 157 cm³/mol. The summed E-state index contributed by atoms with van der Waals surface area (Å²) in [6.07, 6.45) is 4.52. The van der Waals surface area contributed by atoms with E-state index in [1.54, 1.807) is 12.1 Å². The summed E-state index contributed by atoms with van der Waals surface area (Å²) in [6.45, 7) is 12.3. The van der Waals surface area contributed by atoms with Crippen molar-refractivity contribution in [2.45, 2.75) is 58.5 Å². The first kappa shape index (κ1) is 29.8. The van der Waals surface area contributed by atoms with Gasteiger partial charge in [0, 0.05) is 57.3 Å². The Labute approximate surface area is 248 Å². The molecule has 3 aliphatic heterocycles. The van der Waals surface area contributed by atoms with Crippen molar-refractivity contribution in [2.24, 2.45) is 17.8 Å². The van der Waals surface area contributed by atoms with Crippen LogP contribution in [0.15, 0.2) is 28.8 Å². The summed E-state index contributed by atoms with van der Waals surface area (Å²) in [4.78, 5) is 36.4. The van der Waals surface area contributed by atoms with Crippen LogP contribution >= 0.6 is 0 Å². The molecular formula is C31H43N7O4. The molecule has 11 nitrogen and oxygen atoms in total. The maximum atomic E-state index is 13.0. The average Bonchev–Trinajstić information content (AvgIpc) is 3.65. The maximum Gasteiger partial charge on any atom is 0.410 e. The predicted octanol–water partition coefficient (Wildman–Crippen LogP) is 3.91. The SMILES string of the molecule is CC(C)(C)OC(=O)N1CCC[C@H](CN2CCC(CNC(=O)C3CCN(c4nc(-c5ccc(C#N)cc5)no4)CC3)C2)C1. The Kier molecular flexibility index (Phi) is 9.31. The maximum absolute atomic E-state index is 13.0. The minimum absolute atomic E-state index is 0.0132. The lowest BCUT2D eigenvalue weighted by molar-refractivity contribution is -0.125. The highest BCUT2D eigenvalue weighted by Crippen LogP contribution is 2.26. The zero-order valence-electron chi connectivity index (χ0n) is 25.1. The molecule has 4 heterocycles. The number of hydrogen-bond donors (Lipinski definition) is 1. The Bertz CT molecular complexity index is 1260. The summed E-state index contributed by atoms with van der Waals surface area (Å²) in [5.41, 5.74) is 0.908. The van der Waals surface area contributed by atoms with Crippen LogP contribution in [0.5, 0.6) is 0 Å². The fraction of sp³-hybridized carbons (Fsp3) is 0.645. The molecule has 0 bridgehead atoms. The molecule has 11 heteroatoms. The van der Waals surface area contributed by atoms with Crippen molar-refractivity contribution in [3.05, 3.63) is 29.8 Å². The Morgan fingerprint density at radius 3 is 2.52 bits per heavy atom. The molecule has 3 fully saturated rings. The zero-order valence-corrected chi connectivity index (χ0v) is 25.1. The van der Waals surface area contributed by atoms with E-state index >= 15 is 0 Å². The lowest BCUT2D eigenvalue weighted by Gasteiger charge is -2.35. The molecule has 0 spiro atoms. The van der Waals surface area contributed by atoms with Crippen LogP contribution in [-0.2, 0) is 9.53 Å². The summed E-state index contributed by atoms with van der Waals surface area (Å²) in [6, 6.07) is 9.65. The van der Waals surface area contributed by atoms with Gasteiger partial charge in [-0.15, -0.1) is 0 Å². The number of amides is 2. The summed E-state index contributed by atoms with van der Waals surface area (Å²) in [5, 5.41) is 16.3. The van der Waals surface area contributed by atoms with Gasteiger partial charge < -0.3 is 29.3 Å². The van der Waals surface area contributed by atoms with Gasteiger partial charge in [0.1, 0.15) is 5.60 Å². The normalized spacial score (nSPS) is 22.1. The quantitative estimate of drug-likeness (QED) is 0.521. The number of hydrogen-bond acceptors (Lipinski definition) is 9. The molecule has 0 saturated carbocycles. The van der Waals surface area contributed by atoms with Crippen LogP contribution in [-0.4, -0.2) is 89.9 Å². The molecule has 3 saturated heterocycles. The van der Waals surface area contributed by atoms with Crippen LogP contribution in [0.3, 0.4) is 0 Å². The number of nitrogens with one attached hydrogen (secondary N) is 1. The minimum Gasteiger partial charge on any atom is -0.444 e. The monoisotopic (exact) mass is 577 g/mol. The van der Waals surface area contributed by atoms with Gasteiger partial charge in [-0.3, -0.25) is 4.79 Å². The van der Waals surface area contributed by atoms with Crippen LogP contribution in [0.1, 0.15) is 58.4 Å². The lowest BCUT2D eigenvalue weighted by Crippen LogP contribution is -2.45. The standard InChI is InChI=1S/C31H43N7O4/c1-31(2,3)41-30(40)38-13-4-5-24(21-38)20-36-14-10-23(19-36)18-33-28(39)26-11-15-37(16-12-26)29-34-27(35-42-29)25-8-6-22(17-32)7-9-25/h6-9,23-24,26H,4-5,10-16,18-21H2,1-3H3,(H,33,39)/t23?,24-/m1/s1. The number of nitriles is 1. The van der Waals surface area contributed by atoms with Crippen molar-refractivity contribution in [3.63, 3.8) is 0 Å². The molecule has 2 amide bonds. The molecule has 42 heavy (non-hydrogen) atoms. The van der Waals surface area contributed by atoms with E-state index in [0.717, 1.165) is 70.4 Å². The third-order valence-corrected chi connectivity index (χ3v) is 8.45. The van der Waals surface area contributed by atoms with Gasteiger partial charge in [0.15, 0.2) is 0 Å². The van der Waals surface area contributed by atoms with E-state index in [0.29, 0.717) is 48.9 Å². The highest BCUT2D eigenvalue weighted by atomic mass is 16.6. The summed E-state index contributed by atoms with van der Waals surface area (Å²) in [7, 11) is 0. The fourth-order valence-corrected chi connectivity index (χ4v) is 6.19. The second-order valence-corrected chi connectivity index (χ2v) is 12.9. The highest BCUT2D eigenvalue weighted by molar-refractivity contribution is 5.79. The number of nitrogens with zero attached hydrogens (tertiary/aromatic N) is 6. The van der Waals surface area contributed by atoms with Crippen LogP contribution in [0.4, 0.5) is 10.8 Å². The molecule has 1 aromatic heterocycles. The summed E-state index contributed by atoms with van der Waals surface area (Å²) < 4.78 is 11.1. The number of benzene rings is 1. The third kappa shape index (κ3) is 7.79. The summed E-state index contributed by atoms with van der Waals surface area (Å²) >= 11 is 0. The number of carbonyl (C=O) groups is 2. The third-order valence-electron chi connectivity index (χ3n) is 8.45. The van der Waals surface area contributed by atoms with E-state index in [1.807, 2.05) is 42.7 Å². The number of aromatic nitrogens is 2. The van der Waals surface area contributed by atoms with Crippen molar-refractivity contribution in [3.8, 4) is 17.5 Å². The fourth-order valence-electron chi connectivity index (χ4n) is 6.19. The van der Waals surface area contributed by atoms with Crippen LogP contribution in [0, 0.1) is 29.1 Å². The van der Waals surface area contributed by atoms with E-state index in [1.165, 1.54) is 0 Å². The van der Waals surface area contributed by atoms with Gasteiger partial charge in [0.05, 0.1) is 11.6 Å². The number of likely N-dealkylation sites (tertiary alicyclic amines) is 2. The number of rotatable bonds is 7. The molecule has 1 N–H and O–H groups in total. The van der Waals surface area contributed by atoms with E-state index in [2.05, 4.69) is 26.4 Å². The van der Waals surface area contributed by atoms with Crippen molar-refractivity contribution >= 4 is 18.0 Å². The van der Waals surface area contributed by atoms with Crippen molar-refractivity contribution in [2.75, 3.05) is 57.3 Å².